The summed E-state index contributed by atoms with van der Waals surface area (Å²) in [6, 6.07) is 4.78. The molecule has 1 aromatic rings. The van der Waals surface area contributed by atoms with Crippen molar-refractivity contribution >= 4 is 0 Å². The highest BCUT2D eigenvalue weighted by Crippen LogP contribution is 2.45. The third-order valence-corrected chi connectivity index (χ3v) is 1.92. The van der Waals surface area contributed by atoms with E-state index in [1.165, 1.54) is 20.3 Å². The number of fused-ring (bicyclic) bond motifs is 1. The Hall–Kier alpha value is -1.46. The number of para-hydroxylation sites is 1. The second-order valence-corrected chi connectivity index (χ2v) is 2.72. The van der Waals surface area contributed by atoms with Crippen LogP contribution in [0, 0.1) is 0 Å². The molecule has 1 heterocycles. The SMILES string of the molecule is COC1(OC)Oc2cccc(O)c2O1. The molecule has 0 aromatic heterocycles. The summed E-state index contributed by atoms with van der Waals surface area (Å²) in [5.41, 5.74) is 0. The Morgan fingerprint density at radius 1 is 1.21 bits per heavy atom. The minimum Gasteiger partial charge on any atom is -0.504 e. The highest BCUT2D eigenvalue weighted by atomic mass is 17.0. The van der Waals surface area contributed by atoms with Crippen LogP contribution in [0.25, 0.3) is 0 Å². The summed E-state index contributed by atoms with van der Waals surface area (Å²) in [4.78, 5) is 0. The van der Waals surface area contributed by atoms with Crippen molar-refractivity contribution in [1.82, 2.24) is 0 Å². The van der Waals surface area contributed by atoms with E-state index in [0.717, 1.165) is 0 Å². The number of ether oxygens (including phenoxy) is 4. The lowest BCUT2D eigenvalue weighted by Crippen LogP contribution is -2.42. The van der Waals surface area contributed by atoms with Crippen LogP contribution >= 0.6 is 0 Å². The molecule has 0 saturated carbocycles. The average molecular weight is 198 g/mol. The largest absolute Gasteiger partial charge is 0.509 e. The molecule has 0 unspecified atom stereocenters. The molecule has 0 spiro atoms. The van der Waals surface area contributed by atoms with Crippen LogP contribution in [0.5, 0.6) is 17.2 Å². The highest BCUT2D eigenvalue weighted by molar-refractivity contribution is 5.52. The van der Waals surface area contributed by atoms with Gasteiger partial charge in [-0.3, -0.25) is 9.47 Å². The van der Waals surface area contributed by atoms with Crippen LogP contribution < -0.4 is 9.47 Å². The Morgan fingerprint density at radius 2 is 1.93 bits per heavy atom. The molecule has 5 heteroatoms. The van der Waals surface area contributed by atoms with E-state index in [0.29, 0.717) is 5.75 Å². The van der Waals surface area contributed by atoms with Crippen molar-refractivity contribution in [3.63, 3.8) is 0 Å². The van der Waals surface area contributed by atoms with Crippen molar-refractivity contribution in [3.8, 4) is 17.2 Å². The van der Waals surface area contributed by atoms with Gasteiger partial charge in [0.15, 0.2) is 11.5 Å². The van der Waals surface area contributed by atoms with Gasteiger partial charge in [0.1, 0.15) is 0 Å². The lowest BCUT2D eigenvalue weighted by Gasteiger charge is -2.21. The molecule has 0 amide bonds. The quantitative estimate of drug-likeness (QED) is 0.720. The molecule has 0 bridgehead atoms. The zero-order chi connectivity index (χ0) is 10.2. The van der Waals surface area contributed by atoms with Crippen LogP contribution in [0.3, 0.4) is 0 Å². The van der Waals surface area contributed by atoms with Crippen molar-refractivity contribution in [2.24, 2.45) is 0 Å². The summed E-state index contributed by atoms with van der Waals surface area (Å²) in [6.07, 6.45) is -1.58. The van der Waals surface area contributed by atoms with Gasteiger partial charge in [-0.1, -0.05) is 6.07 Å². The number of phenols is 1. The van der Waals surface area contributed by atoms with Gasteiger partial charge in [-0.2, -0.15) is 0 Å². The summed E-state index contributed by atoms with van der Waals surface area (Å²) >= 11 is 0. The molecule has 0 aliphatic carbocycles. The standard InChI is InChI=1S/C9H10O5/c1-11-9(12-2)13-7-5-3-4-6(10)8(7)14-9/h3-5,10H,1-2H3. The Morgan fingerprint density at radius 3 is 2.50 bits per heavy atom. The van der Waals surface area contributed by atoms with Gasteiger partial charge in [0.2, 0.25) is 5.75 Å². The molecule has 1 aliphatic rings. The van der Waals surface area contributed by atoms with Crippen LogP contribution in [-0.2, 0) is 9.47 Å². The maximum atomic E-state index is 9.44. The minimum atomic E-state index is -1.58. The van der Waals surface area contributed by atoms with Gasteiger partial charge >= 0.3 is 6.16 Å². The predicted molar refractivity (Wildman–Crippen MR) is 46.1 cm³/mol. The van der Waals surface area contributed by atoms with E-state index >= 15 is 0 Å². The summed E-state index contributed by atoms with van der Waals surface area (Å²) < 4.78 is 20.3. The molecular weight excluding hydrogens is 188 g/mol. The third-order valence-electron chi connectivity index (χ3n) is 1.92. The normalized spacial score (nSPS) is 17.0. The van der Waals surface area contributed by atoms with Gasteiger partial charge in [0, 0.05) is 14.2 Å². The summed E-state index contributed by atoms with van der Waals surface area (Å²) in [7, 11) is 2.76. The van der Waals surface area contributed by atoms with Crippen molar-refractivity contribution in [3.05, 3.63) is 18.2 Å². The van der Waals surface area contributed by atoms with Gasteiger partial charge in [0.25, 0.3) is 0 Å². The van der Waals surface area contributed by atoms with Crippen molar-refractivity contribution in [2.45, 2.75) is 6.16 Å². The monoisotopic (exact) mass is 198 g/mol. The fraction of sp³-hybridized carbons (Fsp3) is 0.333. The van der Waals surface area contributed by atoms with E-state index < -0.39 is 6.16 Å². The van der Waals surface area contributed by atoms with Gasteiger partial charge < -0.3 is 14.6 Å². The first-order chi connectivity index (χ1) is 6.71. The zero-order valence-corrected chi connectivity index (χ0v) is 7.81. The van der Waals surface area contributed by atoms with Crippen LogP contribution in [0.15, 0.2) is 18.2 Å². The smallest absolute Gasteiger partial charge is 0.504 e. The van der Waals surface area contributed by atoms with Crippen LogP contribution in [0.1, 0.15) is 0 Å². The molecule has 76 valence electrons. The first-order valence-corrected chi connectivity index (χ1v) is 4.01. The third kappa shape index (κ3) is 1.18. The summed E-state index contributed by atoms with van der Waals surface area (Å²) in [6.45, 7) is 0. The first kappa shape index (κ1) is 9.11. The molecule has 0 saturated heterocycles. The van der Waals surface area contributed by atoms with Crippen LogP contribution in [0.4, 0.5) is 0 Å². The minimum absolute atomic E-state index is 0.0153. The molecular formula is C9H10O5. The molecule has 2 rings (SSSR count). The lowest BCUT2D eigenvalue weighted by molar-refractivity contribution is -0.408. The predicted octanol–water partition coefficient (Wildman–Crippen LogP) is 1.07. The topological polar surface area (TPSA) is 57.2 Å². The Balaban J connectivity index is 2.38. The summed E-state index contributed by atoms with van der Waals surface area (Å²) in [5, 5.41) is 9.44. The molecule has 0 radical (unpaired) electrons. The number of benzene rings is 1. The van der Waals surface area contributed by atoms with Crippen LogP contribution in [0.2, 0.25) is 0 Å². The molecule has 5 nitrogen and oxygen atoms in total. The maximum Gasteiger partial charge on any atom is 0.509 e. The number of rotatable bonds is 2. The van der Waals surface area contributed by atoms with Crippen molar-refractivity contribution in [2.75, 3.05) is 14.2 Å². The fourth-order valence-corrected chi connectivity index (χ4v) is 1.22. The molecule has 14 heavy (non-hydrogen) atoms. The maximum absolute atomic E-state index is 9.44. The highest BCUT2D eigenvalue weighted by Gasteiger charge is 2.44. The number of hydrogen-bond donors (Lipinski definition) is 1. The Bertz CT molecular complexity index is 345. The molecule has 1 N–H and O–H groups in total. The number of methoxy groups -OCH3 is 2. The number of aromatic hydroxyl groups is 1. The average Bonchev–Trinajstić information content (AvgIpc) is 2.59. The first-order valence-electron chi connectivity index (χ1n) is 4.01. The van der Waals surface area contributed by atoms with Gasteiger partial charge in [-0.25, -0.2) is 0 Å². The van der Waals surface area contributed by atoms with Crippen molar-refractivity contribution < 1.29 is 24.1 Å². The van der Waals surface area contributed by atoms with E-state index in [4.69, 9.17) is 18.9 Å². The van der Waals surface area contributed by atoms with E-state index in [-0.39, 0.29) is 11.5 Å². The van der Waals surface area contributed by atoms with Gasteiger partial charge in [0.05, 0.1) is 0 Å². The van der Waals surface area contributed by atoms with Gasteiger partial charge in [-0.05, 0) is 12.1 Å². The Kier molecular flexibility index (Phi) is 1.98. The van der Waals surface area contributed by atoms with Crippen molar-refractivity contribution in [1.29, 1.82) is 0 Å². The Labute approximate surface area is 80.8 Å². The lowest BCUT2D eigenvalue weighted by atomic mass is 10.3. The molecule has 0 fully saturated rings. The second kappa shape index (κ2) is 3.04. The molecule has 1 aromatic carbocycles. The van der Waals surface area contributed by atoms with E-state index in [1.54, 1.807) is 12.1 Å². The summed E-state index contributed by atoms with van der Waals surface area (Å²) in [5.74, 6) is 0.586. The van der Waals surface area contributed by atoms with Gasteiger partial charge in [-0.15, -0.1) is 0 Å². The molecule has 1 aliphatic heterocycles. The van der Waals surface area contributed by atoms with E-state index in [9.17, 15) is 5.11 Å². The van der Waals surface area contributed by atoms with E-state index in [1.807, 2.05) is 0 Å². The zero-order valence-electron chi connectivity index (χ0n) is 7.81. The number of hydrogen-bond acceptors (Lipinski definition) is 5. The number of phenolic OH excluding ortho intramolecular Hbond substituents is 1. The van der Waals surface area contributed by atoms with Crippen LogP contribution in [-0.4, -0.2) is 25.5 Å². The fourth-order valence-electron chi connectivity index (χ4n) is 1.22. The molecule has 0 atom stereocenters. The second-order valence-electron chi connectivity index (χ2n) is 2.72. The van der Waals surface area contributed by atoms with E-state index in [2.05, 4.69) is 0 Å².